The molecular weight excluding hydrogens is 322 g/mol. The van der Waals surface area contributed by atoms with Gasteiger partial charge in [0.1, 0.15) is 5.75 Å². The zero-order valence-electron chi connectivity index (χ0n) is 15.4. The molecule has 0 spiro atoms. The highest BCUT2D eigenvalue weighted by Gasteiger charge is 2.07. The number of carbonyl (C=O) groups is 1. The van der Waals surface area contributed by atoms with Crippen molar-refractivity contribution >= 4 is 16.7 Å². The van der Waals surface area contributed by atoms with Crippen molar-refractivity contribution in [2.75, 3.05) is 13.7 Å². The molecule has 0 atom stereocenters. The fraction of sp³-hybridized carbons (Fsp3) is 0.261. The van der Waals surface area contributed by atoms with E-state index in [2.05, 4.69) is 53.8 Å². The lowest BCUT2D eigenvalue weighted by molar-refractivity contribution is -0.118. The molecule has 0 saturated heterocycles. The summed E-state index contributed by atoms with van der Waals surface area (Å²) < 4.78 is 5.40. The van der Waals surface area contributed by atoms with Crippen LogP contribution in [0.5, 0.6) is 5.75 Å². The summed E-state index contributed by atoms with van der Waals surface area (Å²) in [4.78, 5) is 11.1. The second-order valence-electron chi connectivity index (χ2n) is 6.59. The number of ether oxygens (including phenoxy) is 1. The molecule has 0 heterocycles. The van der Waals surface area contributed by atoms with Gasteiger partial charge in [0.25, 0.3) is 0 Å². The number of aryl methyl sites for hydroxylation is 1. The van der Waals surface area contributed by atoms with Crippen molar-refractivity contribution in [2.45, 2.75) is 26.2 Å². The number of hydrogen-bond donors (Lipinski definition) is 1. The lowest BCUT2D eigenvalue weighted by Gasteiger charge is -2.12. The topological polar surface area (TPSA) is 38.3 Å². The Labute approximate surface area is 155 Å². The molecule has 0 bridgehead atoms. The van der Waals surface area contributed by atoms with Crippen molar-refractivity contribution in [2.24, 2.45) is 0 Å². The standard InChI is InChI=1S/C23H25NO2/c1-17(25)24-12-6-9-20-14-19(13-18-7-4-3-5-8-18)15-21-10-11-22(26-2)16-23(20)21/h3-5,7-8,10-11,14-16H,6,9,12-13H2,1-2H3,(H,24,25). The van der Waals surface area contributed by atoms with Gasteiger partial charge in [0.2, 0.25) is 5.91 Å². The van der Waals surface area contributed by atoms with Gasteiger partial charge in [-0.15, -0.1) is 0 Å². The lowest BCUT2D eigenvalue weighted by atomic mass is 9.94. The molecule has 3 aromatic rings. The van der Waals surface area contributed by atoms with Crippen LogP contribution < -0.4 is 10.1 Å². The molecule has 3 rings (SSSR count). The molecule has 0 saturated carbocycles. The quantitative estimate of drug-likeness (QED) is 0.639. The predicted octanol–water partition coefficient (Wildman–Crippen LogP) is 4.51. The van der Waals surface area contributed by atoms with Crippen LogP contribution in [0.25, 0.3) is 10.8 Å². The summed E-state index contributed by atoms with van der Waals surface area (Å²) >= 11 is 0. The Morgan fingerprint density at radius 3 is 2.54 bits per heavy atom. The number of nitrogens with one attached hydrogen (secondary N) is 1. The van der Waals surface area contributed by atoms with Crippen molar-refractivity contribution in [3.63, 3.8) is 0 Å². The Morgan fingerprint density at radius 1 is 1.00 bits per heavy atom. The van der Waals surface area contributed by atoms with Crippen molar-refractivity contribution in [3.05, 3.63) is 77.4 Å². The second kappa shape index (κ2) is 8.52. The van der Waals surface area contributed by atoms with Crippen molar-refractivity contribution in [1.82, 2.24) is 5.32 Å². The van der Waals surface area contributed by atoms with Crippen LogP contribution in [0.15, 0.2) is 60.7 Å². The van der Waals surface area contributed by atoms with E-state index in [9.17, 15) is 4.79 Å². The molecule has 3 nitrogen and oxygen atoms in total. The third-order valence-corrected chi connectivity index (χ3v) is 4.55. The molecule has 0 aromatic heterocycles. The van der Waals surface area contributed by atoms with Crippen molar-refractivity contribution in [1.29, 1.82) is 0 Å². The Morgan fingerprint density at radius 2 is 1.81 bits per heavy atom. The largest absolute Gasteiger partial charge is 0.497 e. The number of methoxy groups -OCH3 is 1. The molecule has 134 valence electrons. The molecule has 0 aliphatic heterocycles. The van der Waals surface area contributed by atoms with E-state index in [0.29, 0.717) is 6.54 Å². The molecule has 0 aliphatic rings. The predicted molar refractivity (Wildman–Crippen MR) is 107 cm³/mol. The fourth-order valence-electron chi connectivity index (χ4n) is 3.29. The van der Waals surface area contributed by atoms with Gasteiger partial charge in [0, 0.05) is 13.5 Å². The van der Waals surface area contributed by atoms with Gasteiger partial charge >= 0.3 is 0 Å². The molecule has 0 fully saturated rings. The minimum absolute atomic E-state index is 0.0226. The highest BCUT2D eigenvalue weighted by Crippen LogP contribution is 2.27. The van der Waals surface area contributed by atoms with Gasteiger partial charge in [-0.2, -0.15) is 0 Å². The summed E-state index contributed by atoms with van der Waals surface area (Å²) in [6.07, 6.45) is 2.76. The Kier molecular flexibility index (Phi) is 5.90. The van der Waals surface area contributed by atoms with Crippen LogP contribution in [0.1, 0.15) is 30.0 Å². The fourth-order valence-corrected chi connectivity index (χ4v) is 3.29. The third-order valence-electron chi connectivity index (χ3n) is 4.55. The van der Waals surface area contributed by atoms with Gasteiger partial charge in [-0.3, -0.25) is 4.79 Å². The minimum atomic E-state index is 0.0226. The molecule has 26 heavy (non-hydrogen) atoms. The normalized spacial score (nSPS) is 10.7. The number of hydrogen-bond acceptors (Lipinski definition) is 2. The summed E-state index contributed by atoms with van der Waals surface area (Å²) in [5, 5.41) is 5.33. The number of amides is 1. The van der Waals surface area contributed by atoms with Crippen LogP contribution in [0.2, 0.25) is 0 Å². The Bertz CT molecular complexity index is 887. The number of benzene rings is 3. The highest BCUT2D eigenvalue weighted by molar-refractivity contribution is 5.88. The summed E-state index contributed by atoms with van der Waals surface area (Å²) in [6, 6.07) is 21.3. The Balaban J connectivity index is 1.90. The summed E-state index contributed by atoms with van der Waals surface area (Å²) in [7, 11) is 1.70. The maximum absolute atomic E-state index is 11.1. The number of carbonyl (C=O) groups excluding carboxylic acids is 1. The van der Waals surface area contributed by atoms with E-state index in [-0.39, 0.29) is 5.91 Å². The van der Waals surface area contributed by atoms with Gasteiger partial charge in [-0.25, -0.2) is 0 Å². The van der Waals surface area contributed by atoms with E-state index in [4.69, 9.17) is 4.74 Å². The Hall–Kier alpha value is -2.81. The van der Waals surface area contributed by atoms with Crippen LogP contribution in [0.4, 0.5) is 0 Å². The van der Waals surface area contributed by atoms with Gasteiger partial charge in [-0.05, 0) is 58.9 Å². The first-order chi connectivity index (χ1) is 12.7. The summed E-state index contributed by atoms with van der Waals surface area (Å²) in [5.41, 5.74) is 3.92. The summed E-state index contributed by atoms with van der Waals surface area (Å²) in [6.45, 7) is 2.25. The molecule has 3 heteroatoms. The zero-order chi connectivity index (χ0) is 18.4. The van der Waals surface area contributed by atoms with Gasteiger partial charge in [0.15, 0.2) is 0 Å². The van der Waals surface area contributed by atoms with E-state index in [1.54, 1.807) is 14.0 Å². The molecule has 0 radical (unpaired) electrons. The molecule has 3 aromatic carbocycles. The van der Waals surface area contributed by atoms with E-state index >= 15 is 0 Å². The first-order valence-corrected chi connectivity index (χ1v) is 9.03. The average molecular weight is 347 g/mol. The van der Waals surface area contributed by atoms with Crippen LogP contribution in [0.3, 0.4) is 0 Å². The van der Waals surface area contributed by atoms with Gasteiger partial charge in [0.05, 0.1) is 7.11 Å². The molecule has 0 unspecified atom stereocenters. The van der Waals surface area contributed by atoms with E-state index in [1.807, 2.05) is 12.1 Å². The zero-order valence-corrected chi connectivity index (χ0v) is 15.4. The molecule has 1 N–H and O–H groups in total. The van der Waals surface area contributed by atoms with Crippen molar-refractivity contribution in [3.8, 4) is 5.75 Å². The first kappa shape index (κ1) is 18.0. The minimum Gasteiger partial charge on any atom is -0.497 e. The monoisotopic (exact) mass is 347 g/mol. The summed E-state index contributed by atoms with van der Waals surface area (Å²) in [5.74, 6) is 0.894. The highest BCUT2D eigenvalue weighted by atomic mass is 16.5. The number of rotatable bonds is 7. The third kappa shape index (κ3) is 4.63. The van der Waals surface area contributed by atoms with E-state index in [1.165, 1.54) is 27.5 Å². The smallest absolute Gasteiger partial charge is 0.216 e. The maximum Gasteiger partial charge on any atom is 0.216 e. The van der Waals surface area contributed by atoms with Gasteiger partial charge in [-0.1, -0.05) is 48.5 Å². The molecular formula is C23H25NO2. The van der Waals surface area contributed by atoms with Crippen LogP contribution >= 0.6 is 0 Å². The van der Waals surface area contributed by atoms with Crippen molar-refractivity contribution < 1.29 is 9.53 Å². The lowest BCUT2D eigenvalue weighted by Crippen LogP contribution is -2.21. The first-order valence-electron chi connectivity index (χ1n) is 9.03. The maximum atomic E-state index is 11.1. The average Bonchev–Trinajstić information content (AvgIpc) is 2.65. The van der Waals surface area contributed by atoms with Crippen LogP contribution in [-0.4, -0.2) is 19.6 Å². The van der Waals surface area contributed by atoms with Gasteiger partial charge < -0.3 is 10.1 Å². The van der Waals surface area contributed by atoms with Crippen LogP contribution in [-0.2, 0) is 17.6 Å². The number of fused-ring (bicyclic) bond motifs is 1. The molecule has 0 aliphatic carbocycles. The SMILES string of the molecule is COc1ccc2cc(Cc3ccccc3)cc(CCCNC(C)=O)c2c1. The van der Waals surface area contributed by atoms with E-state index in [0.717, 1.165) is 25.0 Å². The molecule has 1 amide bonds. The van der Waals surface area contributed by atoms with Crippen LogP contribution in [0, 0.1) is 0 Å². The van der Waals surface area contributed by atoms with E-state index < -0.39 is 0 Å². The second-order valence-corrected chi connectivity index (χ2v) is 6.59.